The minimum atomic E-state index is -0.283. The fourth-order valence-corrected chi connectivity index (χ4v) is 5.20. The third-order valence-electron chi connectivity index (χ3n) is 4.99. The number of thiophene rings is 1. The molecule has 29 heavy (non-hydrogen) atoms. The van der Waals surface area contributed by atoms with Crippen LogP contribution in [0.2, 0.25) is 10.0 Å². The average Bonchev–Trinajstić information content (AvgIpc) is 3.06. The van der Waals surface area contributed by atoms with Crippen molar-refractivity contribution in [2.45, 2.75) is 6.04 Å². The highest BCUT2D eigenvalue weighted by molar-refractivity contribution is 7.21. The molecule has 0 spiro atoms. The highest BCUT2D eigenvalue weighted by Gasteiger charge is 2.25. The van der Waals surface area contributed by atoms with Crippen LogP contribution in [0.4, 0.5) is 4.39 Å². The Bertz CT molecular complexity index is 1020. The van der Waals surface area contributed by atoms with Crippen LogP contribution in [0.1, 0.15) is 21.3 Å². The van der Waals surface area contributed by atoms with Gasteiger partial charge in [0.1, 0.15) is 10.7 Å². The van der Waals surface area contributed by atoms with Crippen LogP contribution >= 0.6 is 34.5 Å². The van der Waals surface area contributed by atoms with Crippen LogP contribution in [0.15, 0.2) is 42.5 Å². The van der Waals surface area contributed by atoms with Crippen LogP contribution in [-0.4, -0.2) is 43.7 Å². The number of nitrogens with one attached hydrogen (secondary N) is 1. The molecule has 1 atom stereocenters. The van der Waals surface area contributed by atoms with Gasteiger partial charge in [-0.25, -0.2) is 4.39 Å². The van der Waals surface area contributed by atoms with Gasteiger partial charge in [-0.1, -0.05) is 41.4 Å². The molecule has 3 aromatic rings. The Balaban J connectivity index is 1.54. The molecular weight excluding hydrogens is 434 g/mol. The Kier molecular flexibility index (Phi) is 6.37. The number of hydrogen-bond acceptors (Lipinski definition) is 4. The molecule has 1 unspecified atom stereocenters. The zero-order chi connectivity index (χ0) is 20.4. The number of fused-ring (bicyclic) bond motifs is 1. The second-order valence-corrected chi connectivity index (χ2v) is 8.68. The summed E-state index contributed by atoms with van der Waals surface area (Å²) in [6, 6.07) is 11.7. The Morgan fingerprint density at radius 1 is 1.17 bits per heavy atom. The van der Waals surface area contributed by atoms with Crippen molar-refractivity contribution < 1.29 is 13.9 Å². The maximum Gasteiger partial charge on any atom is 0.262 e. The number of carbonyl (C=O) groups is 1. The number of halogens is 3. The molecule has 152 valence electrons. The molecule has 1 fully saturated rings. The number of amides is 1. The van der Waals surface area contributed by atoms with Crippen LogP contribution in [0.5, 0.6) is 0 Å². The van der Waals surface area contributed by atoms with Crippen molar-refractivity contribution in [3.63, 3.8) is 0 Å². The van der Waals surface area contributed by atoms with E-state index in [0.717, 1.165) is 28.7 Å². The van der Waals surface area contributed by atoms with Gasteiger partial charge in [-0.15, -0.1) is 11.3 Å². The highest BCUT2D eigenvalue weighted by atomic mass is 35.5. The second kappa shape index (κ2) is 8.98. The van der Waals surface area contributed by atoms with Crippen molar-refractivity contribution in [3.05, 3.63) is 68.8 Å². The molecule has 1 aromatic heterocycles. The van der Waals surface area contributed by atoms with Crippen LogP contribution in [0.25, 0.3) is 10.1 Å². The lowest BCUT2D eigenvalue weighted by Gasteiger charge is -2.34. The van der Waals surface area contributed by atoms with E-state index in [-0.39, 0.29) is 17.8 Å². The average molecular weight is 453 g/mol. The molecule has 4 rings (SSSR count). The molecule has 4 nitrogen and oxygen atoms in total. The lowest BCUT2D eigenvalue weighted by molar-refractivity contribution is 0.0162. The first-order valence-electron chi connectivity index (χ1n) is 9.26. The van der Waals surface area contributed by atoms with Crippen molar-refractivity contribution in [2.24, 2.45) is 0 Å². The number of hydrogen-bond donors (Lipinski definition) is 1. The van der Waals surface area contributed by atoms with Gasteiger partial charge in [0.2, 0.25) is 0 Å². The van der Waals surface area contributed by atoms with E-state index < -0.39 is 0 Å². The van der Waals surface area contributed by atoms with Crippen molar-refractivity contribution in [1.82, 2.24) is 10.2 Å². The maximum atomic E-state index is 13.4. The molecule has 1 aliphatic rings. The largest absolute Gasteiger partial charge is 0.379 e. The molecule has 1 aliphatic heterocycles. The third-order valence-corrected chi connectivity index (χ3v) is 6.89. The van der Waals surface area contributed by atoms with Gasteiger partial charge in [-0.05, 0) is 29.8 Å². The monoisotopic (exact) mass is 452 g/mol. The first-order valence-corrected chi connectivity index (χ1v) is 10.8. The van der Waals surface area contributed by atoms with E-state index in [0.29, 0.717) is 34.7 Å². The molecule has 8 heteroatoms. The topological polar surface area (TPSA) is 41.6 Å². The van der Waals surface area contributed by atoms with E-state index in [4.69, 9.17) is 27.9 Å². The third kappa shape index (κ3) is 4.57. The Labute approximate surface area is 182 Å². The summed E-state index contributed by atoms with van der Waals surface area (Å²) in [6.07, 6.45) is 0. The zero-order valence-electron chi connectivity index (χ0n) is 15.5. The number of carbonyl (C=O) groups excluding carboxylic acids is 1. The predicted octanol–water partition coefficient (Wildman–Crippen LogP) is 5.15. The maximum absolute atomic E-state index is 13.4. The van der Waals surface area contributed by atoms with Gasteiger partial charge in [-0.2, -0.15) is 0 Å². The summed E-state index contributed by atoms with van der Waals surface area (Å²) in [6.45, 7) is 3.15. The Morgan fingerprint density at radius 3 is 2.62 bits per heavy atom. The van der Waals surface area contributed by atoms with E-state index in [2.05, 4.69) is 10.2 Å². The normalized spacial score (nSPS) is 16.1. The number of rotatable bonds is 5. The standard InChI is InChI=1S/C21H19Cl2FN2O2S/c22-14-3-6-16-18(11-14)29-20(19(16)23)21(27)25-12-17(26-7-9-28-10-8-26)13-1-4-15(24)5-2-13/h1-6,11,17H,7-10,12H2,(H,25,27). The van der Waals surface area contributed by atoms with E-state index in [1.165, 1.54) is 23.5 Å². The van der Waals surface area contributed by atoms with Gasteiger partial charge in [0.15, 0.2) is 0 Å². The molecule has 0 saturated carbocycles. The van der Waals surface area contributed by atoms with E-state index in [1.807, 2.05) is 6.07 Å². The van der Waals surface area contributed by atoms with Crippen LogP contribution in [-0.2, 0) is 4.74 Å². The summed E-state index contributed by atoms with van der Waals surface area (Å²) >= 11 is 13.8. The number of nitrogens with zero attached hydrogens (tertiary/aromatic N) is 1. The minimum absolute atomic E-state index is 0.0777. The van der Waals surface area contributed by atoms with Crippen LogP contribution < -0.4 is 5.32 Å². The van der Waals surface area contributed by atoms with Crippen LogP contribution in [0, 0.1) is 5.82 Å². The van der Waals surface area contributed by atoms with E-state index in [1.54, 1.807) is 24.3 Å². The van der Waals surface area contributed by atoms with Gasteiger partial charge < -0.3 is 10.1 Å². The SMILES string of the molecule is O=C(NCC(c1ccc(F)cc1)N1CCOCC1)c1sc2cc(Cl)ccc2c1Cl. The van der Waals surface area contributed by atoms with Gasteiger partial charge in [-0.3, -0.25) is 9.69 Å². The molecule has 1 amide bonds. The second-order valence-electron chi connectivity index (χ2n) is 6.81. The van der Waals surface area contributed by atoms with Gasteiger partial charge >= 0.3 is 0 Å². The quantitative estimate of drug-likeness (QED) is 0.581. The predicted molar refractivity (Wildman–Crippen MR) is 116 cm³/mol. The van der Waals surface area contributed by atoms with Crippen molar-refractivity contribution in [2.75, 3.05) is 32.8 Å². The molecule has 0 bridgehead atoms. The van der Waals surface area contributed by atoms with Crippen molar-refractivity contribution in [1.29, 1.82) is 0 Å². The molecule has 2 heterocycles. The lowest BCUT2D eigenvalue weighted by atomic mass is 10.0. The highest BCUT2D eigenvalue weighted by Crippen LogP contribution is 2.36. The van der Waals surface area contributed by atoms with Gasteiger partial charge in [0, 0.05) is 34.7 Å². The summed E-state index contributed by atoms with van der Waals surface area (Å²) < 4.78 is 19.7. The van der Waals surface area contributed by atoms with Crippen LogP contribution in [0.3, 0.4) is 0 Å². The molecule has 1 N–H and O–H groups in total. The van der Waals surface area contributed by atoms with Crippen molar-refractivity contribution in [3.8, 4) is 0 Å². The van der Waals surface area contributed by atoms with Gasteiger partial charge in [0.05, 0.1) is 24.3 Å². The summed E-state index contributed by atoms with van der Waals surface area (Å²) in [7, 11) is 0. The molecular formula is C21H19Cl2FN2O2S. The first-order chi connectivity index (χ1) is 14.0. The van der Waals surface area contributed by atoms with Gasteiger partial charge in [0.25, 0.3) is 5.91 Å². The Hall–Kier alpha value is -1.70. The molecule has 1 saturated heterocycles. The smallest absolute Gasteiger partial charge is 0.262 e. The number of benzene rings is 2. The van der Waals surface area contributed by atoms with E-state index >= 15 is 0 Å². The fraction of sp³-hybridized carbons (Fsp3) is 0.286. The summed E-state index contributed by atoms with van der Waals surface area (Å²) in [5.74, 6) is -0.512. The first kappa shape index (κ1) is 20.6. The molecule has 0 radical (unpaired) electrons. The summed E-state index contributed by atoms with van der Waals surface area (Å²) in [4.78, 5) is 15.6. The van der Waals surface area contributed by atoms with Crippen molar-refractivity contribution >= 4 is 50.5 Å². The van der Waals surface area contributed by atoms with E-state index in [9.17, 15) is 9.18 Å². The molecule has 2 aromatic carbocycles. The summed E-state index contributed by atoms with van der Waals surface area (Å²) in [5, 5.41) is 4.85. The Morgan fingerprint density at radius 2 is 1.90 bits per heavy atom. The molecule has 0 aliphatic carbocycles. The number of ether oxygens (including phenoxy) is 1. The fourth-order valence-electron chi connectivity index (χ4n) is 3.49. The summed E-state index contributed by atoms with van der Waals surface area (Å²) in [5.41, 5.74) is 0.947. The number of morpholine rings is 1. The minimum Gasteiger partial charge on any atom is -0.379 e. The zero-order valence-corrected chi connectivity index (χ0v) is 17.8. The lowest BCUT2D eigenvalue weighted by Crippen LogP contribution is -2.43.